The fourth-order valence-electron chi connectivity index (χ4n) is 7.85. The highest BCUT2D eigenvalue weighted by Crippen LogP contribution is 2.39. The molecule has 56 heavy (non-hydrogen) atoms. The predicted octanol–water partition coefficient (Wildman–Crippen LogP) is 11.0. The van der Waals surface area contributed by atoms with Crippen molar-refractivity contribution in [3.8, 4) is 46.1 Å². The van der Waals surface area contributed by atoms with Crippen molar-refractivity contribution in [2.24, 2.45) is 0 Å². The van der Waals surface area contributed by atoms with E-state index < -0.39 is 0 Å². The lowest BCUT2D eigenvalue weighted by molar-refractivity contribution is 0.927. The van der Waals surface area contributed by atoms with E-state index >= 15 is 0 Å². The van der Waals surface area contributed by atoms with Gasteiger partial charge >= 0.3 is 0 Å². The number of allylic oxidation sites excluding steroid dienone is 4. The lowest BCUT2D eigenvalue weighted by Crippen LogP contribution is -2.08. The van der Waals surface area contributed by atoms with E-state index in [-0.39, 0.29) is 0 Å². The van der Waals surface area contributed by atoms with Crippen LogP contribution >= 0.6 is 0 Å². The van der Waals surface area contributed by atoms with E-state index in [1.54, 1.807) is 0 Å². The molecular formula is C48H32N8. The number of hydrogen-bond acceptors (Lipinski definition) is 6. The maximum absolute atomic E-state index is 5.20. The molecular weight excluding hydrogens is 689 g/mol. The second-order valence-electron chi connectivity index (χ2n) is 13.9. The molecule has 264 valence electrons. The minimum Gasteiger partial charge on any atom is -0.278 e. The van der Waals surface area contributed by atoms with Gasteiger partial charge in [-0.15, -0.1) is 0 Å². The summed E-state index contributed by atoms with van der Waals surface area (Å²) in [4.78, 5) is 30.7. The molecule has 11 rings (SSSR count). The molecule has 0 spiro atoms. The summed E-state index contributed by atoms with van der Waals surface area (Å²) in [6.07, 6.45) is 8.47. The average Bonchev–Trinajstić information content (AvgIpc) is 3.78. The quantitative estimate of drug-likeness (QED) is 0.170. The first-order valence-electron chi connectivity index (χ1n) is 18.8. The number of benzene rings is 6. The first-order valence-corrected chi connectivity index (χ1v) is 18.8. The zero-order valence-electron chi connectivity index (χ0n) is 30.2. The molecule has 0 bridgehead atoms. The van der Waals surface area contributed by atoms with Crippen molar-refractivity contribution in [3.05, 3.63) is 176 Å². The SMILES string of the molecule is C1=CC(c2nc(-c3ccccc3)nc(-n3c4ccccc4c4cc5c6ccccc6n(-c6nc(-c7ccccc7)nc(-c7ccccc7)n6)c5cc43)n2)=CCC1. The second-order valence-corrected chi connectivity index (χ2v) is 13.9. The van der Waals surface area contributed by atoms with Crippen LogP contribution in [0, 0.1) is 0 Å². The summed E-state index contributed by atoms with van der Waals surface area (Å²) in [5, 5.41) is 4.41. The second kappa shape index (κ2) is 13.1. The van der Waals surface area contributed by atoms with Crippen molar-refractivity contribution < 1.29 is 0 Å². The molecule has 0 N–H and O–H groups in total. The molecule has 0 aliphatic heterocycles. The molecule has 4 heterocycles. The van der Waals surface area contributed by atoms with Gasteiger partial charge in [0.1, 0.15) is 0 Å². The third-order valence-corrected chi connectivity index (χ3v) is 10.5. The van der Waals surface area contributed by atoms with E-state index in [1.165, 1.54) is 0 Å². The van der Waals surface area contributed by atoms with Gasteiger partial charge in [-0.1, -0.05) is 146 Å². The molecule has 0 amide bonds. The maximum atomic E-state index is 5.20. The normalized spacial score (nSPS) is 12.9. The monoisotopic (exact) mass is 720 g/mol. The third kappa shape index (κ3) is 5.30. The van der Waals surface area contributed by atoms with Crippen LogP contribution in [0.1, 0.15) is 18.7 Å². The first-order chi connectivity index (χ1) is 27.8. The zero-order valence-corrected chi connectivity index (χ0v) is 30.2. The summed E-state index contributed by atoms with van der Waals surface area (Å²) >= 11 is 0. The van der Waals surface area contributed by atoms with Crippen molar-refractivity contribution in [2.45, 2.75) is 12.8 Å². The Balaban J connectivity index is 1.22. The van der Waals surface area contributed by atoms with Crippen LogP contribution in [0.15, 0.2) is 170 Å². The molecule has 1 aliphatic carbocycles. The van der Waals surface area contributed by atoms with E-state index in [0.717, 1.165) is 78.7 Å². The number of hydrogen-bond donors (Lipinski definition) is 0. The van der Waals surface area contributed by atoms with Crippen LogP contribution in [0.2, 0.25) is 0 Å². The predicted molar refractivity (Wildman–Crippen MR) is 225 cm³/mol. The van der Waals surface area contributed by atoms with Gasteiger partial charge in [-0.25, -0.2) is 9.97 Å². The van der Waals surface area contributed by atoms with Gasteiger partial charge < -0.3 is 0 Å². The molecule has 0 radical (unpaired) electrons. The molecule has 8 nitrogen and oxygen atoms in total. The molecule has 0 fully saturated rings. The highest BCUT2D eigenvalue weighted by atomic mass is 15.2. The Hall–Kier alpha value is -7.58. The highest BCUT2D eigenvalue weighted by Gasteiger charge is 2.23. The Morgan fingerprint density at radius 1 is 0.357 bits per heavy atom. The Labute approximate surface area is 321 Å². The van der Waals surface area contributed by atoms with Gasteiger partial charge in [-0.05, 0) is 37.1 Å². The molecule has 0 unspecified atom stereocenters. The number of nitrogens with zero attached hydrogens (tertiary/aromatic N) is 8. The maximum Gasteiger partial charge on any atom is 0.238 e. The van der Waals surface area contributed by atoms with Crippen molar-refractivity contribution in [2.75, 3.05) is 0 Å². The summed E-state index contributed by atoms with van der Waals surface area (Å²) in [6.45, 7) is 0. The molecule has 4 aromatic heterocycles. The van der Waals surface area contributed by atoms with E-state index in [0.29, 0.717) is 35.2 Å². The van der Waals surface area contributed by atoms with Crippen LogP contribution in [0.5, 0.6) is 0 Å². The Morgan fingerprint density at radius 3 is 1.25 bits per heavy atom. The number of rotatable bonds is 6. The fraction of sp³-hybridized carbons (Fsp3) is 0.0417. The largest absolute Gasteiger partial charge is 0.278 e. The summed E-state index contributed by atoms with van der Waals surface area (Å²) < 4.78 is 4.34. The Morgan fingerprint density at radius 2 is 0.786 bits per heavy atom. The van der Waals surface area contributed by atoms with Crippen LogP contribution in [-0.2, 0) is 0 Å². The van der Waals surface area contributed by atoms with Crippen LogP contribution < -0.4 is 0 Å². The third-order valence-electron chi connectivity index (χ3n) is 10.5. The Kier molecular flexibility index (Phi) is 7.45. The van der Waals surface area contributed by atoms with Crippen LogP contribution in [0.4, 0.5) is 0 Å². The number of aromatic nitrogens is 8. The molecule has 1 aliphatic rings. The summed E-state index contributed by atoms with van der Waals surface area (Å²) in [5.41, 5.74) is 7.69. The van der Waals surface area contributed by atoms with Gasteiger partial charge in [0.25, 0.3) is 0 Å². The van der Waals surface area contributed by atoms with Gasteiger partial charge in [0, 0.05) is 43.8 Å². The first kappa shape index (κ1) is 31.9. The molecule has 0 atom stereocenters. The molecule has 6 aromatic carbocycles. The van der Waals surface area contributed by atoms with Crippen LogP contribution in [0.25, 0.3) is 95.2 Å². The van der Waals surface area contributed by atoms with Crippen LogP contribution in [0.3, 0.4) is 0 Å². The van der Waals surface area contributed by atoms with Gasteiger partial charge in [0.2, 0.25) is 11.9 Å². The van der Waals surface area contributed by atoms with Gasteiger partial charge in [0.05, 0.1) is 22.1 Å². The smallest absolute Gasteiger partial charge is 0.238 e. The van der Waals surface area contributed by atoms with Crippen molar-refractivity contribution in [1.29, 1.82) is 0 Å². The standard InChI is InChI=1S/C48H32N8/c1-5-17-31(18-6-1)43-49-44(32-19-7-2-8-20-32)52-47(51-43)55-39-27-15-13-25-35(39)37-29-38-36-26-14-16-28-40(36)56(42(38)30-41(37)55)48-53-45(33-21-9-3-10-22-33)50-46(54-48)34-23-11-4-12-24-34/h1-3,5-11,13-30H,4,12H2. The zero-order chi connectivity index (χ0) is 37.0. The van der Waals surface area contributed by atoms with Gasteiger partial charge in [-0.3, -0.25) is 9.13 Å². The van der Waals surface area contributed by atoms with Crippen molar-refractivity contribution in [3.63, 3.8) is 0 Å². The van der Waals surface area contributed by atoms with E-state index in [4.69, 9.17) is 29.9 Å². The Bertz CT molecular complexity index is 3120. The lowest BCUT2D eigenvalue weighted by Gasteiger charge is -2.13. The van der Waals surface area contributed by atoms with E-state index in [1.807, 2.05) is 91.0 Å². The van der Waals surface area contributed by atoms with E-state index in [9.17, 15) is 0 Å². The van der Waals surface area contributed by atoms with Gasteiger partial charge in [-0.2, -0.15) is 19.9 Å². The molecule has 0 saturated carbocycles. The lowest BCUT2D eigenvalue weighted by atomic mass is 10.1. The molecule has 8 heteroatoms. The highest BCUT2D eigenvalue weighted by molar-refractivity contribution is 6.19. The molecule has 10 aromatic rings. The van der Waals surface area contributed by atoms with Crippen LogP contribution in [-0.4, -0.2) is 39.0 Å². The summed E-state index contributed by atoms with van der Waals surface area (Å²) in [5.74, 6) is 3.58. The number of fused-ring (bicyclic) bond motifs is 6. The van der Waals surface area contributed by atoms with Gasteiger partial charge in [0.15, 0.2) is 23.3 Å². The topological polar surface area (TPSA) is 87.2 Å². The van der Waals surface area contributed by atoms with E-state index in [2.05, 4.69) is 88.0 Å². The summed E-state index contributed by atoms with van der Waals surface area (Å²) in [6, 6.07) is 51.8. The minimum atomic E-state index is 0.538. The average molecular weight is 721 g/mol. The fourth-order valence-corrected chi connectivity index (χ4v) is 7.85. The van der Waals surface area contributed by atoms with Crippen molar-refractivity contribution >= 4 is 49.2 Å². The number of para-hydroxylation sites is 2. The summed E-state index contributed by atoms with van der Waals surface area (Å²) in [7, 11) is 0. The molecule has 0 saturated heterocycles. The minimum absolute atomic E-state index is 0.538. The van der Waals surface area contributed by atoms with Crippen molar-refractivity contribution in [1.82, 2.24) is 39.0 Å².